The molecule has 0 aliphatic heterocycles. The average molecular weight is 450 g/mol. The number of carbonyl (C=O) groups is 1. The minimum Gasteiger partial charge on any atom is -0.492 e. The van der Waals surface area contributed by atoms with Gasteiger partial charge in [-0.05, 0) is 37.1 Å². The van der Waals surface area contributed by atoms with Crippen molar-refractivity contribution in [3.63, 3.8) is 0 Å². The number of carbonyl (C=O) groups excluding carboxylic acids is 1. The number of fused-ring (bicyclic) bond motifs is 1. The highest BCUT2D eigenvalue weighted by Gasteiger charge is 2.14. The van der Waals surface area contributed by atoms with Crippen molar-refractivity contribution in [2.45, 2.75) is 25.4 Å². The van der Waals surface area contributed by atoms with Gasteiger partial charge in [0.25, 0.3) is 5.56 Å². The van der Waals surface area contributed by atoms with Crippen LogP contribution in [-0.2, 0) is 11.2 Å². The van der Waals surface area contributed by atoms with E-state index >= 15 is 0 Å². The number of aromatic amines is 1. The molecule has 8 nitrogen and oxygen atoms in total. The Morgan fingerprint density at radius 1 is 1.16 bits per heavy atom. The SMILES string of the molecule is CCOc1ccccc1NC(=O)CSc1n[nH]c(=O)c2cc(-c3ccc(CC)cc3)nn12. The lowest BCUT2D eigenvalue weighted by atomic mass is 10.1. The van der Waals surface area contributed by atoms with Crippen molar-refractivity contribution in [2.24, 2.45) is 0 Å². The predicted molar refractivity (Wildman–Crippen MR) is 125 cm³/mol. The number of rotatable bonds is 8. The van der Waals surface area contributed by atoms with Gasteiger partial charge in [-0.3, -0.25) is 9.59 Å². The van der Waals surface area contributed by atoms with E-state index in [1.807, 2.05) is 43.3 Å². The number of aryl methyl sites for hydroxylation is 1. The summed E-state index contributed by atoms with van der Waals surface area (Å²) in [7, 11) is 0. The summed E-state index contributed by atoms with van der Waals surface area (Å²) in [5.41, 5.74) is 3.45. The zero-order chi connectivity index (χ0) is 22.5. The van der Waals surface area contributed by atoms with E-state index in [1.54, 1.807) is 18.2 Å². The van der Waals surface area contributed by atoms with E-state index in [2.05, 4.69) is 27.5 Å². The quantitative estimate of drug-likeness (QED) is 0.397. The molecule has 4 aromatic rings. The Balaban J connectivity index is 1.53. The first-order chi connectivity index (χ1) is 15.6. The fraction of sp³-hybridized carbons (Fsp3) is 0.217. The molecule has 164 valence electrons. The van der Waals surface area contributed by atoms with Crippen LogP contribution in [0.2, 0.25) is 0 Å². The summed E-state index contributed by atoms with van der Waals surface area (Å²) in [4.78, 5) is 24.8. The minimum absolute atomic E-state index is 0.0923. The lowest BCUT2D eigenvalue weighted by Crippen LogP contribution is -2.17. The number of amides is 1. The molecule has 4 rings (SSSR count). The fourth-order valence-corrected chi connectivity index (χ4v) is 3.91. The van der Waals surface area contributed by atoms with Crippen molar-refractivity contribution >= 4 is 28.9 Å². The Morgan fingerprint density at radius 3 is 2.69 bits per heavy atom. The normalized spacial score (nSPS) is 10.9. The highest BCUT2D eigenvalue weighted by molar-refractivity contribution is 7.99. The lowest BCUT2D eigenvalue weighted by molar-refractivity contribution is -0.113. The minimum atomic E-state index is -0.339. The van der Waals surface area contributed by atoms with Gasteiger partial charge in [0, 0.05) is 5.56 Å². The summed E-state index contributed by atoms with van der Waals surface area (Å²) in [6.45, 7) is 4.49. The summed E-state index contributed by atoms with van der Waals surface area (Å²) in [5.74, 6) is 0.490. The van der Waals surface area contributed by atoms with Crippen molar-refractivity contribution in [1.29, 1.82) is 0 Å². The second-order valence-electron chi connectivity index (χ2n) is 6.98. The number of H-pyrrole nitrogens is 1. The van der Waals surface area contributed by atoms with Gasteiger partial charge >= 0.3 is 0 Å². The molecule has 0 spiro atoms. The number of ether oxygens (including phenoxy) is 1. The molecule has 32 heavy (non-hydrogen) atoms. The molecule has 0 saturated heterocycles. The van der Waals surface area contributed by atoms with Crippen LogP contribution < -0.4 is 15.6 Å². The molecule has 2 heterocycles. The maximum absolute atomic E-state index is 12.5. The molecular formula is C23H23N5O3S. The van der Waals surface area contributed by atoms with E-state index in [0.717, 1.165) is 12.0 Å². The van der Waals surface area contributed by atoms with Gasteiger partial charge in [0.15, 0.2) is 0 Å². The predicted octanol–water partition coefficient (Wildman–Crippen LogP) is 3.78. The van der Waals surface area contributed by atoms with Gasteiger partial charge in [0.2, 0.25) is 11.1 Å². The van der Waals surface area contributed by atoms with Crippen molar-refractivity contribution in [3.05, 3.63) is 70.5 Å². The molecule has 2 aromatic carbocycles. The molecule has 2 aromatic heterocycles. The van der Waals surface area contributed by atoms with Crippen LogP contribution in [0.1, 0.15) is 19.4 Å². The third-order valence-electron chi connectivity index (χ3n) is 4.83. The molecule has 9 heteroatoms. The highest BCUT2D eigenvalue weighted by Crippen LogP contribution is 2.25. The molecule has 0 aliphatic rings. The summed E-state index contributed by atoms with van der Waals surface area (Å²) in [6.07, 6.45) is 0.951. The number of aromatic nitrogens is 4. The van der Waals surface area contributed by atoms with Crippen LogP contribution >= 0.6 is 11.8 Å². The van der Waals surface area contributed by atoms with Crippen LogP contribution in [0.5, 0.6) is 5.75 Å². The first-order valence-corrected chi connectivity index (χ1v) is 11.3. The molecular weight excluding hydrogens is 426 g/mol. The number of anilines is 1. The summed E-state index contributed by atoms with van der Waals surface area (Å²) in [6, 6.07) is 17.0. The third-order valence-corrected chi connectivity index (χ3v) is 5.76. The first-order valence-electron chi connectivity index (χ1n) is 10.3. The second-order valence-corrected chi connectivity index (χ2v) is 7.92. The standard InChI is InChI=1S/C23H23N5O3S/c1-3-15-9-11-16(12-10-15)18-13-19-22(30)25-26-23(28(19)27-18)32-14-21(29)24-17-7-5-6-8-20(17)31-4-2/h5-13H,3-4,14H2,1-2H3,(H,24,29)(H,25,30). The van der Waals surface area contributed by atoms with Gasteiger partial charge < -0.3 is 10.1 Å². The second kappa shape index (κ2) is 9.69. The van der Waals surface area contributed by atoms with Crippen LogP contribution in [0.15, 0.2) is 64.5 Å². The molecule has 0 atom stereocenters. The maximum Gasteiger partial charge on any atom is 0.290 e. The van der Waals surface area contributed by atoms with Crippen molar-refractivity contribution in [1.82, 2.24) is 19.8 Å². The molecule has 2 N–H and O–H groups in total. The molecule has 1 amide bonds. The van der Waals surface area contributed by atoms with E-state index < -0.39 is 0 Å². The molecule has 0 aliphatic carbocycles. The van der Waals surface area contributed by atoms with Crippen LogP contribution in [-0.4, -0.2) is 38.1 Å². The third kappa shape index (κ3) is 4.67. The van der Waals surface area contributed by atoms with Gasteiger partial charge in [-0.15, -0.1) is 5.10 Å². The topological polar surface area (TPSA) is 101 Å². The van der Waals surface area contributed by atoms with E-state index in [1.165, 1.54) is 21.8 Å². The van der Waals surface area contributed by atoms with E-state index in [4.69, 9.17) is 4.74 Å². The smallest absolute Gasteiger partial charge is 0.290 e. The zero-order valence-corrected chi connectivity index (χ0v) is 18.6. The van der Waals surface area contributed by atoms with Crippen molar-refractivity contribution < 1.29 is 9.53 Å². The Hall–Kier alpha value is -3.59. The van der Waals surface area contributed by atoms with E-state index in [9.17, 15) is 9.59 Å². The average Bonchev–Trinajstić information content (AvgIpc) is 3.27. The molecule has 0 fully saturated rings. The zero-order valence-electron chi connectivity index (χ0n) is 17.8. The summed E-state index contributed by atoms with van der Waals surface area (Å²) >= 11 is 1.19. The molecule has 0 saturated carbocycles. The monoisotopic (exact) mass is 449 g/mol. The molecule has 0 bridgehead atoms. The maximum atomic E-state index is 12.5. The van der Waals surface area contributed by atoms with Gasteiger partial charge in [-0.2, -0.15) is 5.10 Å². The molecule has 0 radical (unpaired) electrons. The van der Waals surface area contributed by atoms with Gasteiger partial charge in [0.05, 0.1) is 23.7 Å². The Labute approximate surface area is 189 Å². The Bertz CT molecular complexity index is 1300. The highest BCUT2D eigenvalue weighted by atomic mass is 32.2. The first kappa shape index (κ1) is 21.6. The Morgan fingerprint density at radius 2 is 1.94 bits per heavy atom. The van der Waals surface area contributed by atoms with Gasteiger partial charge in [0.1, 0.15) is 11.3 Å². The number of hydrogen-bond donors (Lipinski definition) is 2. The Kier molecular flexibility index (Phi) is 6.55. The number of nitrogens with zero attached hydrogens (tertiary/aromatic N) is 3. The number of thioether (sulfide) groups is 1. The van der Waals surface area contributed by atoms with Crippen LogP contribution in [0.4, 0.5) is 5.69 Å². The summed E-state index contributed by atoms with van der Waals surface area (Å²) in [5, 5.41) is 14.4. The van der Waals surface area contributed by atoms with E-state index in [-0.39, 0.29) is 17.2 Å². The van der Waals surface area contributed by atoms with Crippen molar-refractivity contribution in [3.8, 4) is 17.0 Å². The summed E-state index contributed by atoms with van der Waals surface area (Å²) < 4.78 is 7.02. The lowest BCUT2D eigenvalue weighted by Gasteiger charge is -2.11. The molecule has 0 unspecified atom stereocenters. The van der Waals surface area contributed by atoms with Gasteiger partial charge in [-0.1, -0.05) is 55.1 Å². The van der Waals surface area contributed by atoms with Crippen LogP contribution in [0.3, 0.4) is 0 Å². The largest absolute Gasteiger partial charge is 0.492 e. The number of nitrogens with one attached hydrogen (secondary N) is 2. The fourth-order valence-electron chi connectivity index (χ4n) is 3.21. The van der Waals surface area contributed by atoms with Crippen LogP contribution in [0, 0.1) is 0 Å². The van der Waals surface area contributed by atoms with Crippen molar-refractivity contribution in [2.75, 3.05) is 17.7 Å². The number of benzene rings is 2. The van der Waals surface area contributed by atoms with Crippen LogP contribution in [0.25, 0.3) is 16.8 Å². The number of para-hydroxylation sites is 2. The van der Waals surface area contributed by atoms with Gasteiger partial charge in [-0.25, -0.2) is 9.61 Å². The van der Waals surface area contributed by atoms with E-state index in [0.29, 0.717) is 34.4 Å². The number of hydrogen-bond acceptors (Lipinski definition) is 6.